The number of nitrogens with zero attached hydrogens (tertiary/aromatic N) is 3. The molecular formula is C16H21F3N3O2. The second-order valence-corrected chi connectivity index (χ2v) is 5.67. The van der Waals surface area contributed by atoms with Crippen LogP contribution in [0.5, 0.6) is 0 Å². The number of benzene rings is 1. The van der Waals surface area contributed by atoms with E-state index in [0.717, 1.165) is 31.9 Å². The highest BCUT2D eigenvalue weighted by atomic mass is 19.4. The molecule has 1 saturated heterocycles. The first-order valence-electron chi connectivity index (χ1n) is 7.66. The van der Waals surface area contributed by atoms with Gasteiger partial charge in [-0.05, 0) is 19.2 Å². The van der Waals surface area contributed by atoms with E-state index in [4.69, 9.17) is 4.74 Å². The lowest BCUT2D eigenvalue weighted by Crippen LogP contribution is -2.45. The van der Waals surface area contributed by atoms with Crippen molar-refractivity contribution in [2.45, 2.75) is 6.18 Å². The van der Waals surface area contributed by atoms with Gasteiger partial charge in [-0.2, -0.15) is 13.2 Å². The Morgan fingerprint density at radius 2 is 2.00 bits per heavy atom. The summed E-state index contributed by atoms with van der Waals surface area (Å²) in [5.41, 5.74) is 0.889. The van der Waals surface area contributed by atoms with Gasteiger partial charge in [0.25, 0.3) is 0 Å². The van der Waals surface area contributed by atoms with Crippen LogP contribution in [-0.4, -0.2) is 70.5 Å². The van der Waals surface area contributed by atoms with Crippen LogP contribution in [0.15, 0.2) is 18.2 Å². The van der Waals surface area contributed by atoms with Crippen molar-refractivity contribution in [2.75, 3.05) is 63.3 Å². The Morgan fingerprint density at radius 3 is 2.58 bits per heavy atom. The fraction of sp³-hybridized carbons (Fsp3) is 0.562. The monoisotopic (exact) mass is 344 g/mol. The number of likely N-dealkylation sites (N-methyl/N-ethyl adjacent to an activating group) is 1. The van der Waals surface area contributed by atoms with E-state index >= 15 is 0 Å². The third-order valence-corrected chi connectivity index (χ3v) is 3.94. The predicted molar refractivity (Wildman–Crippen MR) is 85.3 cm³/mol. The molecule has 133 valence electrons. The summed E-state index contributed by atoms with van der Waals surface area (Å²) in [6, 6.07) is 7.65. The summed E-state index contributed by atoms with van der Waals surface area (Å²) in [5, 5.41) is 0. The van der Waals surface area contributed by atoms with Crippen molar-refractivity contribution in [1.82, 2.24) is 4.90 Å². The lowest BCUT2D eigenvalue weighted by Gasteiger charge is -2.34. The van der Waals surface area contributed by atoms with Crippen LogP contribution in [0.4, 0.5) is 24.5 Å². The minimum atomic E-state index is -4.94. The first kappa shape index (κ1) is 18.5. The molecule has 0 N–H and O–H groups in total. The lowest BCUT2D eigenvalue weighted by molar-refractivity contribution is -0.170. The summed E-state index contributed by atoms with van der Waals surface area (Å²) in [4.78, 5) is 16.6. The molecule has 0 aliphatic carbocycles. The molecule has 1 amide bonds. The van der Waals surface area contributed by atoms with Gasteiger partial charge in [0.1, 0.15) is 0 Å². The third-order valence-electron chi connectivity index (χ3n) is 3.94. The molecule has 1 aromatic rings. The van der Waals surface area contributed by atoms with E-state index < -0.39 is 12.1 Å². The zero-order valence-electron chi connectivity index (χ0n) is 13.8. The average molecular weight is 344 g/mol. The number of hydrogen-bond acceptors (Lipinski definition) is 4. The highest BCUT2D eigenvalue weighted by molar-refractivity contribution is 5.97. The van der Waals surface area contributed by atoms with Gasteiger partial charge in [0.2, 0.25) is 0 Å². The van der Waals surface area contributed by atoms with Gasteiger partial charge < -0.3 is 19.4 Å². The van der Waals surface area contributed by atoms with Gasteiger partial charge in [-0.1, -0.05) is 6.07 Å². The average Bonchev–Trinajstić information content (AvgIpc) is 2.55. The minimum Gasteiger partial charge on any atom is -0.383 e. The Balaban J connectivity index is 2.23. The number of amides is 1. The Bertz CT molecular complexity index is 558. The second-order valence-electron chi connectivity index (χ2n) is 5.67. The van der Waals surface area contributed by atoms with Crippen molar-refractivity contribution in [3.63, 3.8) is 0 Å². The summed E-state index contributed by atoms with van der Waals surface area (Å²) in [6.45, 7) is 3.15. The van der Waals surface area contributed by atoms with Gasteiger partial charge in [0.15, 0.2) is 0 Å². The van der Waals surface area contributed by atoms with Crippen LogP contribution in [-0.2, 0) is 9.53 Å². The van der Waals surface area contributed by atoms with Crippen LogP contribution in [0.3, 0.4) is 0 Å². The molecule has 0 aromatic heterocycles. The Hall–Kier alpha value is -1.80. The van der Waals surface area contributed by atoms with Gasteiger partial charge in [-0.25, -0.2) is 0 Å². The summed E-state index contributed by atoms with van der Waals surface area (Å²) < 4.78 is 43.4. The maximum Gasteiger partial charge on any atom is 0.471 e. The smallest absolute Gasteiger partial charge is 0.383 e. The maximum absolute atomic E-state index is 12.8. The molecule has 0 unspecified atom stereocenters. The maximum atomic E-state index is 12.8. The molecule has 2 rings (SSSR count). The molecule has 8 heteroatoms. The molecule has 1 aromatic carbocycles. The van der Waals surface area contributed by atoms with Crippen LogP contribution in [0.2, 0.25) is 0 Å². The first-order chi connectivity index (χ1) is 11.3. The van der Waals surface area contributed by atoms with Gasteiger partial charge >= 0.3 is 12.1 Å². The first-order valence-corrected chi connectivity index (χ1v) is 7.66. The molecule has 1 radical (unpaired) electrons. The molecule has 1 aliphatic rings. The van der Waals surface area contributed by atoms with Crippen molar-refractivity contribution >= 4 is 17.3 Å². The molecule has 0 spiro atoms. The molecule has 0 bridgehead atoms. The van der Waals surface area contributed by atoms with E-state index in [1.54, 1.807) is 18.2 Å². The molecular weight excluding hydrogens is 323 g/mol. The highest BCUT2D eigenvalue weighted by Gasteiger charge is 2.43. The summed E-state index contributed by atoms with van der Waals surface area (Å²) in [5.74, 6) is -1.91. The van der Waals surface area contributed by atoms with Crippen molar-refractivity contribution in [1.29, 1.82) is 0 Å². The lowest BCUT2D eigenvalue weighted by atomic mass is 10.2. The summed E-state index contributed by atoms with van der Waals surface area (Å²) >= 11 is 0. The van der Waals surface area contributed by atoms with Crippen molar-refractivity contribution in [3.8, 4) is 0 Å². The van der Waals surface area contributed by atoms with E-state index in [9.17, 15) is 18.0 Å². The number of alkyl halides is 3. The Morgan fingerprint density at radius 1 is 1.33 bits per heavy atom. The number of methoxy groups -OCH3 is 1. The zero-order valence-corrected chi connectivity index (χ0v) is 13.8. The number of anilines is 2. The normalized spacial score (nSPS) is 16.3. The molecule has 1 heterocycles. The summed E-state index contributed by atoms with van der Waals surface area (Å²) in [7, 11) is 3.40. The minimum absolute atomic E-state index is 0.00833. The van der Waals surface area contributed by atoms with E-state index in [2.05, 4.69) is 15.9 Å². The van der Waals surface area contributed by atoms with Crippen LogP contribution in [0, 0.1) is 6.07 Å². The highest BCUT2D eigenvalue weighted by Crippen LogP contribution is 2.27. The Kier molecular flexibility index (Phi) is 6.06. The third kappa shape index (κ3) is 4.61. The van der Waals surface area contributed by atoms with Crippen LogP contribution < -0.4 is 9.80 Å². The van der Waals surface area contributed by atoms with Gasteiger partial charge in [-0.3, -0.25) is 4.79 Å². The number of rotatable bonds is 5. The van der Waals surface area contributed by atoms with Gasteiger partial charge in [0.05, 0.1) is 12.3 Å². The molecule has 1 aliphatic heterocycles. The van der Waals surface area contributed by atoms with Crippen LogP contribution in [0.25, 0.3) is 0 Å². The van der Waals surface area contributed by atoms with E-state index in [0.29, 0.717) is 4.90 Å². The molecule has 0 saturated carbocycles. The van der Waals surface area contributed by atoms with Crippen LogP contribution >= 0.6 is 0 Å². The number of ether oxygens (including phenoxy) is 1. The predicted octanol–water partition coefficient (Wildman–Crippen LogP) is 1.78. The second kappa shape index (κ2) is 7.85. The number of hydrogen-bond donors (Lipinski definition) is 0. The molecule has 0 atom stereocenters. The number of halogens is 3. The van der Waals surface area contributed by atoms with Gasteiger partial charge in [-0.15, -0.1) is 0 Å². The van der Waals surface area contributed by atoms with Gasteiger partial charge in [0, 0.05) is 51.6 Å². The topological polar surface area (TPSA) is 36.0 Å². The largest absolute Gasteiger partial charge is 0.471 e. The number of carbonyl (C=O) groups excluding carboxylic acids is 1. The van der Waals surface area contributed by atoms with Crippen molar-refractivity contribution in [3.05, 3.63) is 24.3 Å². The Labute approximate surface area is 139 Å². The van der Waals surface area contributed by atoms with Crippen LogP contribution in [0.1, 0.15) is 0 Å². The molecule has 1 fully saturated rings. The SMILES string of the molecule is COCCN(C(=O)C(F)(F)F)c1[c]ccc(N2CCN(C)CC2)c1. The summed E-state index contributed by atoms with van der Waals surface area (Å²) in [6.07, 6.45) is -4.94. The van der Waals surface area contributed by atoms with E-state index in [1.807, 2.05) is 7.05 Å². The van der Waals surface area contributed by atoms with Crippen molar-refractivity contribution in [2.24, 2.45) is 0 Å². The number of piperazine rings is 1. The van der Waals surface area contributed by atoms with Crippen molar-refractivity contribution < 1.29 is 22.7 Å². The fourth-order valence-corrected chi connectivity index (χ4v) is 2.53. The quantitative estimate of drug-likeness (QED) is 0.816. The standard InChI is InChI=1S/C16H21F3N3O2/c1-20-6-8-21(9-7-20)13-4-3-5-14(12-13)22(10-11-24-2)15(23)16(17,18)19/h3-4,12H,6-11H2,1-2H3. The zero-order chi connectivity index (χ0) is 17.7. The fourth-order valence-electron chi connectivity index (χ4n) is 2.53. The molecule has 5 nitrogen and oxygen atoms in total. The molecule has 24 heavy (non-hydrogen) atoms. The van der Waals surface area contributed by atoms with E-state index in [1.165, 1.54) is 7.11 Å². The van der Waals surface area contributed by atoms with E-state index in [-0.39, 0.29) is 18.8 Å². The number of carbonyl (C=O) groups is 1.